The molecule has 0 aromatic heterocycles. The minimum atomic E-state index is 0.348. The molecular formula is C14H31N. The van der Waals surface area contributed by atoms with E-state index in [0.29, 0.717) is 12.0 Å². The van der Waals surface area contributed by atoms with Crippen LogP contribution in [-0.2, 0) is 0 Å². The maximum Gasteiger partial charge on any atom is 0.00413 e. The fraction of sp³-hybridized carbons (Fsp3) is 1.00. The van der Waals surface area contributed by atoms with Gasteiger partial charge in [-0.2, -0.15) is 0 Å². The van der Waals surface area contributed by atoms with Crippen molar-refractivity contribution in [2.45, 2.75) is 72.8 Å². The van der Waals surface area contributed by atoms with Crippen LogP contribution in [0.4, 0.5) is 0 Å². The molecule has 0 fully saturated rings. The lowest BCUT2D eigenvalue weighted by molar-refractivity contribution is 0.247. The van der Waals surface area contributed by atoms with Gasteiger partial charge in [-0.05, 0) is 31.1 Å². The van der Waals surface area contributed by atoms with Gasteiger partial charge in [0.15, 0.2) is 0 Å². The standard InChI is InChI=1S/C14H31N/c1-6-8-9-13(7-2)10-14(11(3)4)12(5)15/h11-14H,6-10,15H2,1-5H3. The summed E-state index contributed by atoms with van der Waals surface area (Å²) in [4.78, 5) is 0. The Hall–Kier alpha value is -0.0400. The number of hydrogen-bond acceptors (Lipinski definition) is 1. The molecule has 0 spiro atoms. The normalized spacial score (nSPS) is 17.8. The van der Waals surface area contributed by atoms with Crippen LogP contribution in [0.5, 0.6) is 0 Å². The predicted molar refractivity (Wildman–Crippen MR) is 69.9 cm³/mol. The van der Waals surface area contributed by atoms with Gasteiger partial charge in [-0.15, -0.1) is 0 Å². The molecule has 1 heteroatoms. The van der Waals surface area contributed by atoms with E-state index in [0.717, 1.165) is 11.8 Å². The summed E-state index contributed by atoms with van der Waals surface area (Å²) in [5.74, 6) is 2.32. The van der Waals surface area contributed by atoms with Gasteiger partial charge >= 0.3 is 0 Å². The van der Waals surface area contributed by atoms with Crippen LogP contribution in [0.1, 0.15) is 66.7 Å². The Kier molecular flexibility index (Phi) is 8.13. The first-order valence-electron chi connectivity index (χ1n) is 6.78. The summed E-state index contributed by atoms with van der Waals surface area (Å²) in [6.07, 6.45) is 6.73. The molecule has 3 atom stereocenters. The van der Waals surface area contributed by atoms with Crippen molar-refractivity contribution in [3.63, 3.8) is 0 Å². The van der Waals surface area contributed by atoms with Gasteiger partial charge in [-0.3, -0.25) is 0 Å². The van der Waals surface area contributed by atoms with Gasteiger partial charge in [-0.1, -0.05) is 53.4 Å². The molecule has 2 N–H and O–H groups in total. The number of unbranched alkanes of at least 4 members (excludes halogenated alkanes) is 1. The molecule has 0 aromatic rings. The Balaban J connectivity index is 4.10. The molecule has 0 amide bonds. The highest BCUT2D eigenvalue weighted by molar-refractivity contribution is 4.75. The fourth-order valence-electron chi connectivity index (χ4n) is 2.46. The topological polar surface area (TPSA) is 26.0 Å². The van der Waals surface area contributed by atoms with Crippen LogP contribution >= 0.6 is 0 Å². The molecule has 0 aliphatic rings. The van der Waals surface area contributed by atoms with Crippen LogP contribution in [-0.4, -0.2) is 6.04 Å². The first-order chi connectivity index (χ1) is 7.02. The van der Waals surface area contributed by atoms with E-state index in [1.165, 1.54) is 32.1 Å². The van der Waals surface area contributed by atoms with Crippen molar-refractivity contribution in [2.75, 3.05) is 0 Å². The number of hydrogen-bond donors (Lipinski definition) is 1. The Labute approximate surface area is 96.8 Å². The Morgan fingerprint density at radius 1 is 1.07 bits per heavy atom. The molecule has 1 nitrogen and oxygen atoms in total. The summed E-state index contributed by atoms with van der Waals surface area (Å²) >= 11 is 0. The SMILES string of the molecule is CCCCC(CC)CC(C(C)C)C(C)N. The maximum absolute atomic E-state index is 6.07. The third-order valence-corrected chi connectivity index (χ3v) is 3.68. The van der Waals surface area contributed by atoms with Crippen molar-refractivity contribution in [3.05, 3.63) is 0 Å². The van der Waals surface area contributed by atoms with Crippen molar-refractivity contribution in [3.8, 4) is 0 Å². The van der Waals surface area contributed by atoms with E-state index < -0.39 is 0 Å². The molecule has 0 aromatic carbocycles. The Morgan fingerprint density at radius 3 is 2.00 bits per heavy atom. The van der Waals surface area contributed by atoms with E-state index in [2.05, 4.69) is 34.6 Å². The zero-order valence-electron chi connectivity index (χ0n) is 11.4. The first kappa shape index (κ1) is 15.0. The van der Waals surface area contributed by atoms with Crippen LogP contribution in [0.25, 0.3) is 0 Å². The maximum atomic E-state index is 6.07. The predicted octanol–water partition coefficient (Wildman–Crippen LogP) is 4.21. The van der Waals surface area contributed by atoms with Crippen LogP contribution < -0.4 is 5.73 Å². The minimum Gasteiger partial charge on any atom is -0.328 e. The van der Waals surface area contributed by atoms with Crippen LogP contribution in [0, 0.1) is 17.8 Å². The van der Waals surface area contributed by atoms with E-state index >= 15 is 0 Å². The van der Waals surface area contributed by atoms with Gasteiger partial charge in [0.1, 0.15) is 0 Å². The first-order valence-corrected chi connectivity index (χ1v) is 6.78. The van der Waals surface area contributed by atoms with Crippen LogP contribution in [0.2, 0.25) is 0 Å². The van der Waals surface area contributed by atoms with E-state index in [1.54, 1.807) is 0 Å². The molecule has 0 saturated heterocycles. The van der Waals surface area contributed by atoms with Gasteiger partial charge < -0.3 is 5.73 Å². The third-order valence-electron chi connectivity index (χ3n) is 3.68. The van der Waals surface area contributed by atoms with E-state index in [1.807, 2.05) is 0 Å². The van der Waals surface area contributed by atoms with Gasteiger partial charge in [0.05, 0.1) is 0 Å². The van der Waals surface area contributed by atoms with E-state index in [-0.39, 0.29) is 0 Å². The fourth-order valence-corrected chi connectivity index (χ4v) is 2.46. The van der Waals surface area contributed by atoms with Crippen molar-refractivity contribution in [1.82, 2.24) is 0 Å². The molecule has 15 heavy (non-hydrogen) atoms. The monoisotopic (exact) mass is 213 g/mol. The van der Waals surface area contributed by atoms with E-state index in [4.69, 9.17) is 5.73 Å². The van der Waals surface area contributed by atoms with Gasteiger partial charge in [-0.25, -0.2) is 0 Å². The second-order valence-corrected chi connectivity index (χ2v) is 5.42. The van der Waals surface area contributed by atoms with Gasteiger partial charge in [0.2, 0.25) is 0 Å². The van der Waals surface area contributed by atoms with Crippen molar-refractivity contribution in [2.24, 2.45) is 23.5 Å². The molecule has 0 heterocycles. The van der Waals surface area contributed by atoms with Crippen molar-refractivity contribution >= 4 is 0 Å². The largest absolute Gasteiger partial charge is 0.328 e. The summed E-state index contributed by atoms with van der Waals surface area (Å²) < 4.78 is 0. The second-order valence-electron chi connectivity index (χ2n) is 5.42. The highest BCUT2D eigenvalue weighted by atomic mass is 14.6. The number of nitrogens with two attached hydrogens (primary N) is 1. The quantitative estimate of drug-likeness (QED) is 0.642. The Morgan fingerprint density at radius 2 is 1.67 bits per heavy atom. The lowest BCUT2D eigenvalue weighted by Gasteiger charge is -2.28. The number of rotatable bonds is 8. The highest BCUT2D eigenvalue weighted by Crippen LogP contribution is 2.27. The summed E-state index contributed by atoms with van der Waals surface area (Å²) in [6, 6.07) is 0.348. The average molecular weight is 213 g/mol. The second kappa shape index (κ2) is 8.15. The van der Waals surface area contributed by atoms with Crippen LogP contribution in [0.15, 0.2) is 0 Å². The molecule has 0 saturated carbocycles. The van der Waals surface area contributed by atoms with Crippen molar-refractivity contribution < 1.29 is 0 Å². The van der Waals surface area contributed by atoms with Crippen molar-refractivity contribution in [1.29, 1.82) is 0 Å². The summed E-state index contributed by atoms with van der Waals surface area (Å²) in [7, 11) is 0. The van der Waals surface area contributed by atoms with Gasteiger partial charge in [0.25, 0.3) is 0 Å². The molecule has 0 radical (unpaired) electrons. The van der Waals surface area contributed by atoms with E-state index in [9.17, 15) is 0 Å². The molecule has 3 unspecified atom stereocenters. The summed E-state index contributed by atoms with van der Waals surface area (Å²) in [5, 5.41) is 0. The zero-order chi connectivity index (χ0) is 11.8. The third kappa shape index (κ3) is 6.19. The highest BCUT2D eigenvalue weighted by Gasteiger charge is 2.21. The smallest absolute Gasteiger partial charge is 0.00413 e. The lowest BCUT2D eigenvalue weighted by atomic mass is 9.80. The van der Waals surface area contributed by atoms with Gasteiger partial charge in [0, 0.05) is 6.04 Å². The minimum absolute atomic E-state index is 0.348. The zero-order valence-corrected chi connectivity index (χ0v) is 11.4. The summed E-state index contributed by atoms with van der Waals surface area (Å²) in [5.41, 5.74) is 6.07. The molecule has 0 bridgehead atoms. The molecule has 0 aliphatic carbocycles. The lowest BCUT2D eigenvalue weighted by Crippen LogP contribution is -2.32. The summed E-state index contributed by atoms with van der Waals surface area (Å²) in [6.45, 7) is 11.4. The molecule has 0 aliphatic heterocycles. The molecular weight excluding hydrogens is 182 g/mol. The average Bonchev–Trinajstić information content (AvgIpc) is 2.17. The molecule has 0 rings (SSSR count). The molecule has 92 valence electrons. The van der Waals surface area contributed by atoms with Crippen LogP contribution in [0.3, 0.4) is 0 Å². The Bertz CT molecular complexity index is 132.